The molecule has 2 N–H and O–H groups in total. The highest BCUT2D eigenvalue weighted by Crippen LogP contribution is 2.40. The van der Waals surface area contributed by atoms with Crippen molar-refractivity contribution in [2.45, 2.75) is 31.5 Å². The number of hydrogen-bond donors (Lipinski definition) is 2. The number of fused-ring (bicyclic) bond motifs is 1. The molecule has 4 nitrogen and oxygen atoms in total. The average molecular weight is 313 g/mol. The maximum Gasteiger partial charge on any atom is 0.164 e. The van der Waals surface area contributed by atoms with E-state index in [9.17, 15) is 5.11 Å². The van der Waals surface area contributed by atoms with E-state index in [0.717, 1.165) is 36.3 Å². The van der Waals surface area contributed by atoms with Gasteiger partial charge in [-0.05, 0) is 30.0 Å². The summed E-state index contributed by atoms with van der Waals surface area (Å²) < 4.78 is 10.8. The molecule has 4 heteroatoms. The van der Waals surface area contributed by atoms with E-state index in [-0.39, 0.29) is 6.04 Å². The fourth-order valence-electron chi connectivity index (χ4n) is 3.27. The molecule has 0 saturated carbocycles. The Bertz CT molecular complexity index is 657. The van der Waals surface area contributed by atoms with Crippen molar-refractivity contribution in [1.29, 1.82) is 0 Å². The highest BCUT2D eigenvalue weighted by Gasteiger charge is 2.30. The lowest BCUT2D eigenvalue weighted by molar-refractivity contribution is 0.113. The molecule has 0 amide bonds. The van der Waals surface area contributed by atoms with Gasteiger partial charge in [0.1, 0.15) is 0 Å². The van der Waals surface area contributed by atoms with E-state index in [2.05, 4.69) is 17.4 Å². The Hall–Kier alpha value is -2.04. The van der Waals surface area contributed by atoms with Crippen molar-refractivity contribution >= 4 is 0 Å². The Morgan fingerprint density at radius 2 is 1.87 bits per heavy atom. The summed E-state index contributed by atoms with van der Waals surface area (Å²) >= 11 is 0. The molecule has 0 aromatic heterocycles. The van der Waals surface area contributed by atoms with Gasteiger partial charge >= 0.3 is 0 Å². The van der Waals surface area contributed by atoms with Crippen LogP contribution in [0.4, 0.5) is 0 Å². The number of rotatable bonds is 5. The number of methoxy groups -OCH3 is 2. The fraction of sp³-hybridized carbons (Fsp3) is 0.368. The monoisotopic (exact) mass is 313 g/mol. The molecule has 0 saturated heterocycles. The summed E-state index contributed by atoms with van der Waals surface area (Å²) in [6, 6.07) is 14.1. The third-order valence-corrected chi connectivity index (χ3v) is 4.50. The third kappa shape index (κ3) is 3.19. The van der Waals surface area contributed by atoms with Gasteiger partial charge in [-0.25, -0.2) is 0 Å². The first-order valence-electron chi connectivity index (χ1n) is 7.93. The fourth-order valence-corrected chi connectivity index (χ4v) is 3.27. The smallest absolute Gasteiger partial charge is 0.164 e. The van der Waals surface area contributed by atoms with Crippen molar-refractivity contribution in [2.75, 3.05) is 14.2 Å². The van der Waals surface area contributed by atoms with Gasteiger partial charge in [-0.2, -0.15) is 0 Å². The summed E-state index contributed by atoms with van der Waals surface area (Å²) in [5, 5.41) is 14.2. The Labute approximate surface area is 137 Å². The van der Waals surface area contributed by atoms with Gasteiger partial charge in [-0.15, -0.1) is 0 Å². The van der Waals surface area contributed by atoms with Gasteiger partial charge in [-0.1, -0.05) is 36.4 Å². The van der Waals surface area contributed by atoms with Gasteiger partial charge in [0.15, 0.2) is 11.5 Å². The van der Waals surface area contributed by atoms with Crippen molar-refractivity contribution in [2.24, 2.45) is 0 Å². The molecule has 2 aromatic rings. The minimum atomic E-state index is -0.540. The number of nitrogens with one attached hydrogen (secondary N) is 1. The lowest BCUT2D eigenvalue weighted by Crippen LogP contribution is -2.38. The van der Waals surface area contributed by atoms with E-state index in [0.29, 0.717) is 5.75 Å². The summed E-state index contributed by atoms with van der Waals surface area (Å²) in [6.07, 6.45) is 1.19. The molecule has 1 aliphatic carbocycles. The normalized spacial score (nSPS) is 20.0. The van der Waals surface area contributed by atoms with Crippen molar-refractivity contribution in [3.05, 3.63) is 59.2 Å². The quantitative estimate of drug-likeness (QED) is 0.891. The zero-order chi connectivity index (χ0) is 16.2. The Kier molecular flexibility index (Phi) is 4.84. The molecule has 0 heterocycles. The summed E-state index contributed by atoms with van der Waals surface area (Å²) in [6.45, 7) is 0.755. The highest BCUT2D eigenvalue weighted by atomic mass is 16.5. The minimum Gasteiger partial charge on any atom is -0.493 e. The van der Waals surface area contributed by atoms with Crippen molar-refractivity contribution < 1.29 is 14.6 Å². The largest absolute Gasteiger partial charge is 0.493 e. The summed E-state index contributed by atoms with van der Waals surface area (Å²) in [7, 11) is 3.28. The molecule has 0 bridgehead atoms. The van der Waals surface area contributed by atoms with Crippen LogP contribution >= 0.6 is 0 Å². The van der Waals surface area contributed by atoms with E-state index in [1.165, 1.54) is 5.56 Å². The SMILES string of the molecule is COc1ccc2c(c1OC)CC[C@@H](NCc1ccccc1)[C@@H]2O. The molecule has 0 unspecified atom stereocenters. The molecule has 0 radical (unpaired) electrons. The van der Waals surface area contributed by atoms with Gasteiger partial charge in [0.2, 0.25) is 0 Å². The molecule has 2 aromatic carbocycles. The van der Waals surface area contributed by atoms with Crippen LogP contribution < -0.4 is 14.8 Å². The highest BCUT2D eigenvalue weighted by molar-refractivity contribution is 5.52. The van der Waals surface area contributed by atoms with Gasteiger partial charge in [-0.3, -0.25) is 0 Å². The molecular weight excluding hydrogens is 290 g/mol. The second kappa shape index (κ2) is 7.02. The number of benzene rings is 2. The molecule has 2 atom stereocenters. The minimum absolute atomic E-state index is 0.0424. The summed E-state index contributed by atoms with van der Waals surface area (Å²) in [5.74, 6) is 1.46. The molecular formula is C19H23NO3. The molecule has 1 aliphatic rings. The molecule has 3 rings (SSSR count). The predicted octanol–water partition coefficient (Wildman–Crippen LogP) is 2.84. The second-order valence-corrected chi connectivity index (χ2v) is 5.83. The van der Waals surface area contributed by atoms with Crippen LogP contribution in [0.3, 0.4) is 0 Å². The van der Waals surface area contributed by atoms with Crippen molar-refractivity contribution in [1.82, 2.24) is 5.32 Å². The first-order valence-corrected chi connectivity index (χ1v) is 7.93. The van der Waals surface area contributed by atoms with Crippen LogP contribution in [0.15, 0.2) is 42.5 Å². The number of ether oxygens (including phenoxy) is 2. The van der Waals surface area contributed by atoms with E-state index >= 15 is 0 Å². The van der Waals surface area contributed by atoms with Crippen LogP contribution in [0.25, 0.3) is 0 Å². The number of hydrogen-bond acceptors (Lipinski definition) is 4. The second-order valence-electron chi connectivity index (χ2n) is 5.83. The van der Waals surface area contributed by atoms with E-state index in [4.69, 9.17) is 9.47 Å². The van der Waals surface area contributed by atoms with Gasteiger partial charge in [0, 0.05) is 18.2 Å². The third-order valence-electron chi connectivity index (χ3n) is 4.50. The van der Waals surface area contributed by atoms with Crippen LogP contribution in [-0.2, 0) is 13.0 Å². The molecule has 23 heavy (non-hydrogen) atoms. The van der Waals surface area contributed by atoms with Gasteiger partial charge in [0.05, 0.1) is 20.3 Å². The van der Waals surface area contributed by atoms with Crippen LogP contribution in [-0.4, -0.2) is 25.4 Å². The van der Waals surface area contributed by atoms with Crippen molar-refractivity contribution in [3.63, 3.8) is 0 Å². The molecule has 0 aliphatic heterocycles. The topological polar surface area (TPSA) is 50.7 Å². The first-order chi connectivity index (χ1) is 11.2. The predicted molar refractivity (Wildman–Crippen MR) is 89.9 cm³/mol. The molecule has 122 valence electrons. The van der Waals surface area contributed by atoms with Crippen LogP contribution in [0.2, 0.25) is 0 Å². The zero-order valence-corrected chi connectivity index (χ0v) is 13.6. The number of aliphatic hydroxyl groups is 1. The lowest BCUT2D eigenvalue weighted by Gasteiger charge is -2.32. The molecule has 0 spiro atoms. The van der Waals surface area contributed by atoms with E-state index in [1.54, 1.807) is 14.2 Å². The summed E-state index contributed by atoms with van der Waals surface area (Å²) in [4.78, 5) is 0. The van der Waals surface area contributed by atoms with Crippen molar-refractivity contribution in [3.8, 4) is 11.5 Å². The lowest BCUT2D eigenvalue weighted by atomic mass is 9.85. The van der Waals surface area contributed by atoms with E-state index < -0.39 is 6.10 Å². The first kappa shape index (κ1) is 15.8. The maximum absolute atomic E-state index is 10.7. The van der Waals surface area contributed by atoms with Crippen LogP contribution in [0.5, 0.6) is 11.5 Å². The Morgan fingerprint density at radius 1 is 1.09 bits per heavy atom. The number of aliphatic hydroxyl groups excluding tert-OH is 1. The van der Waals surface area contributed by atoms with Crippen LogP contribution in [0, 0.1) is 0 Å². The zero-order valence-electron chi connectivity index (χ0n) is 13.6. The van der Waals surface area contributed by atoms with Gasteiger partial charge in [0.25, 0.3) is 0 Å². The molecule has 0 fully saturated rings. The van der Waals surface area contributed by atoms with E-state index in [1.807, 2.05) is 30.3 Å². The maximum atomic E-state index is 10.7. The summed E-state index contributed by atoms with van der Waals surface area (Å²) in [5.41, 5.74) is 3.20. The Morgan fingerprint density at radius 3 is 2.57 bits per heavy atom. The van der Waals surface area contributed by atoms with Crippen LogP contribution in [0.1, 0.15) is 29.2 Å². The standard InChI is InChI=1S/C19H23NO3/c1-22-17-11-9-14-15(19(17)23-2)8-10-16(18(14)21)20-12-13-6-4-3-5-7-13/h3-7,9,11,16,18,20-21H,8,10,12H2,1-2H3/t16-,18-/m1/s1. The average Bonchev–Trinajstić information content (AvgIpc) is 2.61. The van der Waals surface area contributed by atoms with Gasteiger partial charge < -0.3 is 19.9 Å². The Balaban J connectivity index is 1.77.